The van der Waals surface area contributed by atoms with Crippen LogP contribution in [0.25, 0.3) is 0 Å². The molecule has 1 heterocycles. The van der Waals surface area contributed by atoms with Crippen LogP contribution in [0.2, 0.25) is 0 Å². The Hall–Kier alpha value is -0.780. The SMILES string of the molecule is Cl.O=C(NCCOc1ccc(Br)cc1)C1CCNCC1. The first-order valence-corrected chi connectivity index (χ1v) is 7.42. The molecule has 1 saturated heterocycles. The van der Waals surface area contributed by atoms with Crippen LogP contribution in [0.3, 0.4) is 0 Å². The van der Waals surface area contributed by atoms with Gasteiger partial charge in [-0.05, 0) is 50.2 Å². The van der Waals surface area contributed by atoms with Gasteiger partial charge in [0.15, 0.2) is 0 Å². The summed E-state index contributed by atoms with van der Waals surface area (Å²) in [5.41, 5.74) is 0. The van der Waals surface area contributed by atoms with Gasteiger partial charge in [0.2, 0.25) is 5.91 Å². The third kappa shape index (κ3) is 5.69. The number of benzene rings is 1. The molecule has 1 aromatic carbocycles. The van der Waals surface area contributed by atoms with Crippen molar-refractivity contribution >= 4 is 34.2 Å². The van der Waals surface area contributed by atoms with Crippen molar-refractivity contribution in [2.75, 3.05) is 26.2 Å². The first-order valence-electron chi connectivity index (χ1n) is 6.62. The Morgan fingerprint density at radius 3 is 2.60 bits per heavy atom. The Labute approximate surface area is 134 Å². The molecule has 0 bridgehead atoms. The number of hydrogen-bond donors (Lipinski definition) is 2. The fourth-order valence-corrected chi connectivity index (χ4v) is 2.37. The van der Waals surface area contributed by atoms with Crippen molar-refractivity contribution < 1.29 is 9.53 Å². The third-order valence-electron chi connectivity index (χ3n) is 3.19. The highest BCUT2D eigenvalue weighted by molar-refractivity contribution is 9.10. The van der Waals surface area contributed by atoms with Crippen LogP contribution in [0, 0.1) is 5.92 Å². The molecule has 0 saturated carbocycles. The zero-order valence-corrected chi connectivity index (χ0v) is 13.6. The van der Waals surface area contributed by atoms with Crippen molar-refractivity contribution in [3.8, 4) is 5.75 Å². The van der Waals surface area contributed by atoms with Gasteiger partial charge in [-0.1, -0.05) is 15.9 Å². The van der Waals surface area contributed by atoms with E-state index in [4.69, 9.17) is 4.74 Å². The smallest absolute Gasteiger partial charge is 0.223 e. The van der Waals surface area contributed by atoms with Gasteiger partial charge in [0, 0.05) is 10.4 Å². The highest BCUT2D eigenvalue weighted by atomic mass is 79.9. The molecule has 1 aliphatic rings. The molecular formula is C14H20BrClN2O2. The number of halogens is 2. The summed E-state index contributed by atoms with van der Waals surface area (Å²) in [7, 11) is 0. The number of carbonyl (C=O) groups excluding carboxylic acids is 1. The van der Waals surface area contributed by atoms with Crippen LogP contribution in [-0.4, -0.2) is 32.1 Å². The molecule has 112 valence electrons. The van der Waals surface area contributed by atoms with Gasteiger partial charge in [-0.25, -0.2) is 0 Å². The monoisotopic (exact) mass is 362 g/mol. The number of carbonyl (C=O) groups is 1. The summed E-state index contributed by atoms with van der Waals surface area (Å²) in [5.74, 6) is 1.13. The zero-order valence-electron chi connectivity index (χ0n) is 11.2. The third-order valence-corrected chi connectivity index (χ3v) is 3.72. The molecule has 1 fully saturated rings. The fraction of sp³-hybridized carbons (Fsp3) is 0.500. The minimum Gasteiger partial charge on any atom is -0.492 e. The first-order chi connectivity index (χ1) is 9.25. The highest BCUT2D eigenvalue weighted by Gasteiger charge is 2.20. The van der Waals surface area contributed by atoms with E-state index in [2.05, 4.69) is 26.6 Å². The highest BCUT2D eigenvalue weighted by Crippen LogP contribution is 2.15. The van der Waals surface area contributed by atoms with E-state index >= 15 is 0 Å². The van der Waals surface area contributed by atoms with Crippen molar-refractivity contribution in [2.24, 2.45) is 5.92 Å². The van der Waals surface area contributed by atoms with Crippen LogP contribution in [0.5, 0.6) is 5.75 Å². The molecule has 1 aliphatic heterocycles. The average molecular weight is 364 g/mol. The summed E-state index contributed by atoms with van der Waals surface area (Å²) < 4.78 is 6.58. The summed E-state index contributed by atoms with van der Waals surface area (Å²) in [6, 6.07) is 7.67. The van der Waals surface area contributed by atoms with Gasteiger partial charge in [0.05, 0.1) is 6.54 Å². The lowest BCUT2D eigenvalue weighted by molar-refractivity contribution is -0.125. The maximum atomic E-state index is 11.9. The number of hydrogen-bond acceptors (Lipinski definition) is 3. The van der Waals surface area contributed by atoms with E-state index < -0.39 is 0 Å². The summed E-state index contributed by atoms with van der Waals surface area (Å²) in [5, 5.41) is 6.19. The molecular weight excluding hydrogens is 344 g/mol. The van der Waals surface area contributed by atoms with Crippen LogP contribution in [0.4, 0.5) is 0 Å². The first kappa shape index (κ1) is 17.3. The predicted octanol–water partition coefficient (Wildman–Crippen LogP) is 2.37. The summed E-state index contributed by atoms with van der Waals surface area (Å²) >= 11 is 3.37. The quantitative estimate of drug-likeness (QED) is 0.790. The van der Waals surface area contributed by atoms with Gasteiger partial charge in [0.1, 0.15) is 12.4 Å². The second-order valence-electron chi connectivity index (χ2n) is 4.62. The molecule has 1 amide bonds. The lowest BCUT2D eigenvalue weighted by Gasteiger charge is -2.21. The Morgan fingerprint density at radius 1 is 1.30 bits per heavy atom. The average Bonchev–Trinajstić information content (AvgIpc) is 2.46. The van der Waals surface area contributed by atoms with Crippen LogP contribution >= 0.6 is 28.3 Å². The molecule has 0 radical (unpaired) electrons. The minimum absolute atomic E-state index is 0. The molecule has 6 heteroatoms. The second kappa shape index (κ2) is 9.21. The van der Waals surface area contributed by atoms with Gasteiger partial charge >= 0.3 is 0 Å². The van der Waals surface area contributed by atoms with Crippen molar-refractivity contribution in [3.63, 3.8) is 0 Å². The number of piperidine rings is 1. The maximum absolute atomic E-state index is 11.9. The molecule has 0 atom stereocenters. The van der Waals surface area contributed by atoms with Crippen LogP contribution in [-0.2, 0) is 4.79 Å². The van der Waals surface area contributed by atoms with Crippen molar-refractivity contribution in [2.45, 2.75) is 12.8 Å². The van der Waals surface area contributed by atoms with E-state index in [9.17, 15) is 4.79 Å². The Balaban J connectivity index is 0.00000200. The molecule has 2 rings (SSSR count). The molecule has 4 nitrogen and oxygen atoms in total. The van der Waals surface area contributed by atoms with E-state index in [0.29, 0.717) is 13.2 Å². The second-order valence-corrected chi connectivity index (χ2v) is 5.53. The lowest BCUT2D eigenvalue weighted by Crippen LogP contribution is -2.39. The standard InChI is InChI=1S/C14H19BrN2O2.ClH/c15-12-1-3-13(4-2-12)19-10-9-17-14(18)11-5-7-16-8-6-11;/h1-4,11,16H,5-10H2,(H,17,18);1H. The van der Waals surface area contributed by atoms with Crippen LogP contribution < -0.4 is 15.4 Å². The van der Waals surface area contributed by atoms with E-state index in [1.54, 1.807) is 0 Å². The molecule has 0 aromatic heterocycles. The number of ether oxygens (including phenoxy) is 1. The Bertz CT molecular complexity index is 408. The predicted molar refractivity (Wildman–Crippen MR) is 85.5 cm³/mol. The maximum Gasteiger partial charge on any atom is 0.223 e. The van der Waals surface area contributed by atoms with Crippen LogP contribution in [0.15, 0.2) is 28.7 Å². The molecule has 0 unspecified atom stereocenters. The molecule has 1 aromatic rings. The molecule has 0 aliphatic carbocycles. The molecule has 20 heavy (non-hydrogen) atoms. The number of nitrogens with one attached hydrogen (secondary N) is 2. The van der Waals surface area contributed by atoms with Crippen molar-refractivity contribution in [1.29, 1.82) is 0 Å². The zero-order chi connectivity index (χ0) is 13.5. The summed E-state index contributed by atoms with van der Waals surface area (Å²) in [4.78, 5) is 11.9. The number of rotatable bonds is 5. The summed E-state index contributed by atoms with van der Waals surface area (Å²) in [6.45, 7) is 2.93. The Kier molecular flexibility index (Phi) is 7.95. The van der Waals surface area contributed by atoms with E-state index in [-0.39, 0.29) is 24.2 Å². The van der Waals surface area contributed by atoms with Gasteiger partial charge in [-0.2, -0.15) is 0 Å². The van der Waals surface area contributed by atoms with Gasteiger partial charge in [-0.3, -0.25) is 4.79 Å². The largest absolute Gasteiger partial charge is 0.492 e. The van der Waals surface area contributed by atoms with Gasteiger partial charge in [-0.15, -0.1) is 12.4 Å². The van der Waals surface area contributed by atoms with E-state index in [1.807, 2.05) is 24.3 Å². The minimum atomic E-state index is 0. The fourth-order valence-electron chi connectivity index (χ4n) is 2.10. The Morgan fingerprint density at radius 2 is 1.95 bits per heavy atom. The van der Waals surface area contributed by atoms with Crippen molar-refractivity contribution in [1.82, 2.24) is 10.6 Å². The van der Waals surface area contributed by atoms with E-state index in [0.717, 1.165) is 36.2 Å². The normalized spacial score (nSPS) is 15.2. The lowest BCUT2D eigenvalue weighted by atomic mass is 9.97. The van der Waals surface area contributed by atoms with Gasteiger partial charge in [0.25, 0.3) is 0 Å². The van der Waals surface area contributed by atoms with Gasteiger partial charge < -0.3 is 15.4 Å². The molecule has 0 spiro atoms. The number of amides is 1. The molecule has 2 N–H and O–H groups in total. The topological polar surface area (TPSA) is 50.4 Å². The van der Waals surface area contributed by atoms with Crippen molar-refractivity contribution in [3.05, 3.63) is 28.7 Å². The van der Waals surface area contributed by atoms with Crippen LogP contribution in [0.1, 0.15) is 12.8 Å². The summed E-state index contributed by atoms with van der Waals surface area (Å²) in [6.07, 6.45) is 1.86. The van der Waals surface area contributed by atoms with E-state index in [1.165, 1.54) is 0 Å².